The van der Waals surface area contributed by atoms with Crippen LogP contribution in [0.3, 0.4) is 0 Å². The van der Waals surface area contributed by atoms with Gasteiger partial charge in [-0.05, 0) is 34.4 Å². The minimum Gasteiger partial charge on any atom is -0.363 e. The highest BCUT2D eigenvalue weighted by atomic mass is 16.6. The highest BCUT2D eigenvalue weighted by Gasteiger charge is 2.14. The minimum absolute atomic E-state index is 0.384. The molecule has 3 aromatic heterocycles. The van der Waals surface area contributed by atoms with E-state index in [9.17, 15) is 0 Å². The van der Waals surface area contributed by atoms with Crippen LogP contribution in [0.1, 0.15) is 11.1 Å². The molecule has 0 aliphatic rings. The second-order valence-corrected chi connectivity index (χ2v) is 4.86. The number of pyridine rings is 1. The Morgan fingerprint density at radius 1 is 1.19 bits per heavy atom. The Balaban J connectivity index is 1.92. The molecule has 0 saturated heterocycles. The average Bonchev–Trinajstić information content (AvgIpc) is 2.92. The Bertz CT molecular complexity index is 768. The van der Waals surface area contributed by atoms with Crippen molar-refractivity contribution in [3.63, 3.8) is 0 Å². The van der Waals surface area contributed by atoms with Crippen LogP contribution in [0.2, 0.25) is 0 Å². The Hall–Kier alpha value is -2.77. The smallest absolute Gasteiger partial charge is 0.245 e. The van der Waals surface area contributed by atoms with Gasteiger partial charge in [-0.1, -0.05) is 0 Å². The zero-order valence-electron chi connectivity index (χ0n) is 12.0. The molecule has 0 unspecified atom stereocenters. The lowest BCUT2D eigenvalue weighted by atomic mass is 10.1. The van der Waals surface area contributed by atoms with Gasteiger partial charge in [-0.15, -0.1) is 0 Å². The Morgan fingerprint density at radius 2 is 1.95 bits per heavy atom. The number of fused-ring (bicyclic) bond motifs is 1. The summed E-state index contributed by atoms with van der Waals surface area (Å²) in [5, 5.41) is 10.7. The zero-order chi connectivity index (χ0) is 14.8. The summed E-state index contributed by atoms with van der Waals surface area (Å²) in [6, 6.07) is 1.97. The normalized spacial score (nSPS) is 10.8. The van der Waals surface area contributed by atoms with Gasteiger partial charge in [-0.2, -0.15) is 0 Å². The number of rotatable bonds is 4. The molecule has 8 heteroatoms. The summed E-state index contributed by atoms with van der Waals surface area (Å²) in [6.07, 6.45) is 3.60. The van der Waals surface area contributed by atoms with Gasteiger partial charge in [0.25, 0.3) is 0 Å². The molecule has 0 fully saturated rings. The maximum atomic E-state index is 4.66. The van der Waals surface area contributed by atoms with Crippen molar-refractivity contribution in [2.24, 2.45) is 0 Å². The first-order valence-corrected chi connectivity index (χ1v) is 6.46. The van der Waals surface area contributed by atoms with Crippen molar-refractivity contribution in [1.29, 1.82) is 0 Å². The molecule has 1 N–H and O–H groups in total. The first-order valence-electron chi connectivity index (χ1n) is 6.46. The molecule has 0 saturated carbocycles. The van der Waals surface area contributed by atoms with E-state index in [0.29, 0.717) is 29.5 Å². The number of hydrogen-bond donors (Lipinski definition) is 1. The van der Waals surface area contributed by atoms with Gasteiger partial charge in [-0.25, -0.2) is 14.6 Å². The van der Waals surface area contributed by atoms with Crippen LogP contribution in [0.25, 0.3) is 11.3 Å². The van der Waals surface area contributed by atoms with E-state index >= 15 is 0 Å². The largest absolute Gasteiger partial charge is 0.363 e. The molecular formula is C13H15N7O. The predicted octanol–water partition coefficient (Wildman–Crippen LogP) is 1.39. The fourth-order valence-corrected chi connectivity index (χ4v) is 1.94. The number of aromatic nitrogens is 5. The lowest BCUT2D eigenvalue weighted by Crippen LogP contribution is -2.15. The summed E-state index contributed by atoms with van der Waals surface area (Å²) in [5.41, 5.74) is 3.04. The molecular weight excluding hydrogens is 270 g/mol. The van der Waals surface area contributed by atoms with Crippen molar-refractivity contribution in [1.82, 2.24) is 25.3 Å². The Kier molecular flexibility index (Phi) is 3.35. The number of aryl methyl sites for hydroxylation is 1. The van der Waals surface area contributed by atoms with Gasteiger partial charge >= 0.3 is 0 Å². The first kappa shape index (κ1) is 13.2. The van der Waals surface area contributed by atoms with E-state index < -0.39 is 0 Å². The molecule has 3 aromatic rings. The van der Waals surface area contributed by atoms with Crippen molar-refractivity contribution < 1.29 is 4.63 Å². The number of nitrogens with zero attached hydrogens (tertiary/aromatic N) is 6. The van der Waals surface area contributed by atoms with E-state index in [4.69, 9.17) is 0 Å². The summed E-state index contributed by atoms with van der Waals surface area (Å²) in [7, 11) is 3.79. The van der Waals surface area contributed by atoms with Crippen LogP contribution < -0.4 is 10.2 Å². The third-order valence-corrected chi connectivity index (χ3v) is 3.10. The quantitative estimate of drug-likeness (QED) is 0.768. The third kappa shape index (κ3) is 2.60. The van der Waals surface area contributed by atoms with Crippen LogP contribution in [-0.2, 0) is 6.54 Å². The van der Waals surface area contributed by atoms with Crippen LogP contribution in [0.5, 0.6) is 0 Å². The molecule has 21 heavy (non-hydrogen) atoms. The third-order valence-electron chi connectivity index (χ3n) is 3.10. The van der Waals surface area contributed by atoms with Crippen LogP contribution in [0.15, 0.2) is 23.1 Å². The molecule has 108 valence electrons. The van der Waals surface area contributed by atoms with Crippen LogP contribution in [0.4, 0.5) is 11.6 Å². The van der Waals surface area contributed by atoms with Crippen LogP contribution in [-0.4, -0.2) is 39.4 Å². The molecule has 0 atom stereocenters. The lowest BCUT2D eigenvalue weighted by molar-refractivity contribution is 0.314. The maximum absolute atomic E-state index is 4.66. The highest BCUT2D eigenvalue weighted by molar-refractivity contribution is 5.73. The van der Waals surface area contributed by atoms with Crippen LogP contribution >= 0.6 is 0 Å². The number of hydrogen-bond acceptors (Lipinski definition) is 8. The molecule has 0 bridgehead atoms. The van der Waals surface area contributed by atoms with E-state index in [1.165, 1.54) is 0 Å². The van der Waals surface area contributed by atoms with Gasteiger partial charge in [-0.3, -0.25) is 4.98 Å². The average molecular weight is 285 g/mol. The fourth-order valence-electron chi connectivity index (χ4n) is 1.94. The standard InChI is InChI=1S/C13H15N7O/c1-8-6-14-5-4-9(8)7-15-12-13(20(2)3)17-11-10(16-12)18-21-19-11/h4-6H,7H2,1-3H3,(H,15,16,18). The van der Waals surface area contributed by atoms with Crippen molar-refractivity contribution in [3.05, 3.63) is 29.6 Å². The minimum atomic E-state index is 0.384. The van der Waals surface area contributed by atoms with Crippen molar-refractivity contribution in [2.75, 3.05) is 24.3 Å². The predicted molar refractivity (Wildman–Crippen MR) is 78.0 cm³/mol. The summed E-state index contributed by atoms with van der Waals surface area (Å²) in [6.45, 7) is 2.65. The monoisotopic (exact) mass is 285 g/mol. The molecule has 8 nitrogen and oxygen atoms in total. The molecule has 0 spiro atoms. The molecule has 3 rings (SSSR count). The van der Waals surface area contributed by atoms with Crippen molar-refractivity contribution in [2.45, 2.75) is 13.5 Å². The second-order valence-electron chi connectivity index (χ2n) is 4.86. The lowest BCUT2D eigenvalue weighted by Gasteiger charge is -2.16. The van der Waals surface area contributed by atoms with Gasteiger partial charge in [0.1, 0.15) is 0 Å². The zero-order valence-corrected chi connectivity index (χ0v) is 12.0. The first-order chi connectivity index (χ1) is 10.1. The fraction of sp³-hybridized carbons (Fsp3) is 0.308. The topological polar surface area (TPSA) is 92.9 Å². The van der Waals surface area contributed by atoms with E-state index in [0.717, 1.165) is 11.1 Å². The van der Waals surface area contributed by atoms with E-state index in [2.05, 4.69) is 35.2 Å². The molecule has 0 aliphatic heterocycles. The Morgan fingerprint density at radius 3 is 2.67 bits per heavy atom. The van der Waals surface area contributed by atoms with Gasteiger partial charge < -0.3 is 10.2 Å². The summed E-state index contributed by atoms with van der Waals surface area (Å²) < 4.78 is 4.66. The molecule has 0 aromatic carbocycles. The molecule has 0 radical (unpaired) electrons. The molecule has 3 heterocycles. The van der Waals surface area contributed by atoms with Gasteiger partial charge in [0.15, 0.2) is 11.6 Å². The molecule has 0 amide bonds. The summed E-state index contributed by atoms with van der Waals surface area (Å²) in [5.74, 6) is 1.32. The van der Waals surface area contributed by atoms with Gasteiger partial charge in [0.2, 0.25) is 11.3 Å². The SMILES string of the molecule is Cc1cnccc1CNc1nc2nonc2nc1N(C)C. The molecule has 0 aliphatic carbocycles. The second kappa shape index (κ2) is 5.31. The number of nitrogens with one attached hydrogen (secondary N) is 1. The van der Waals surface area contributed by atoms with Gasteiger partial charge in [0.05, 0.1) is 0 Å². The van der Waals surface area contributed by atoms with Gasteiger partial charge in [0, 0.05) is 33.0 Å². The van der Waals surface area contributed by atoms with E-state index in [1.54, 1.807) is 6.20 Å². The van der Waals surface area contributed by atoms with Crippen molar-refractivity contribution in [3.8, 4) is 0 Å². The Labute approximate surface area is 121 Å². The van der Waals surface area contributed by atoms with Crippen molar-refractivity contribution >= 4 is 22.9 Å². The summed E-state index contributed by atoms with van der Waals surface area (Å²) >= 11 is 0. The highest BCUT2D eigenvalue weighted by Crippen LogP contribution is 2.22. The van der Waals surface area contributed by atoms with Crippen LogP contribution in [0, 0.1) is 6.92 Å². The van der Waals surface area contributed by atoms with E-state index in [-0.39, 0.29) is 0 Å². The maximum Gasteiger partial charge on any atom is 0.245 e. The summed E-state index contributed by atoms with van der Waals surface area (Å²) in [4.78, 5) is 14.7. The van der Waals surface area contributed by atoms with E-state index in [1.807, 2.05) is 38.2 Å². The number of anilines is 2.